The first-order chi connectivity index (χ1) is 7.25. The molecular formula is C14H21N. The minimum Gasteiger partial charge on any atom is -0.382 e. The Morgan fingerprint density at radius 1 is 1.07 bits per heavy atom. The Morgan fingerprint density at radius 2 is 1.80 bits per heavy atom. The molecule has 0 heterocycles. The van der Waals surface area contributed by atoms with Crippen LogP contribution in [0.2, 0.25) is 0 Å². The van der Waals surface area contributed by atoms with E-state index in [1.54, 1.807) is 0 Å². The van der Waals surface area contributed by atoms with E-state index in [2.05, 4.69) is 49.5 Å². The van der Waals surface area contributed by atoms with Crippen LogP contribution in [0.5, 0.6) is 0 Å². The Kier molecular flexibility index (Phi) is 3.30. The fourth-order valence-corrected chi connectivity index (χ4v) is 2.48. The van der Waals surface area contributed by atoms with Gasteiger partial charge in [-0.2, -0.15) is 0 Å². The maximum atomic E-state index is 3.66. The van der Waals surface area contributed by atoms with Gasteiger partial charge in [0.15, 0.2) is 0 Å². The van der Waals surface area contributed by atoms with Gasteiger partial charge in [0.1, 0.15) is 0 Å². The van der Waals surface area contributed by atoms with Crippen LogP contribution >= 0.6 is 0 Å². The molecule has 0 bridgehead atoms. The maximum Gasteiger partial charge on any atom is 0.0342 e. The highest BCUT2D eigenvalue weighted by Crippen LogP contribution is 2.30. The minimum atomic E-state index is 0.663. The van der Waals surface area contributed by atoms with Crippen LogP contribution < -0.4 is 5.32 Å². The van der Waals surface area contributed by atoms with Gasteiger partial charge in [0.25, 0.3) is 0 Å². The summed E-state index contributed by atoms with van der Waals surface area (Å²) in [4.78, 5) is 0. The molecule has 1 aliphatic rings. The standard InChI is InChI=1S/C14H21N/c1-11-8-9-12(2)14(10-11)15-13-6-4-3-5-7-13/h3-7,11-12,14-15H,8-10H2,1-2H3. The molecule has 1 fully saturated rings. The Bertz CT molecular complexity index is 293. The second kappa shape index (κ2) is 4.69. The van der Waals surface area contributed by atoms with Gasteiger partial charge in [-0.3, -0.25) is 0 Å². The predicted molar refractivity (Wildman–Crippen MR) is 66.0 cm³/mol. The second-order valence-corrected chi connectivity index (χ2v) is 5.01. The predicted octanol–water partition coefficient (Wildman–Crippen LogP) is 3.92. The number of hydrogen-bond acceptors (Lipinski definition) is 1. The summed E-state index contributed by atoms with van der Waals surface area (Å²) < 4.78 is 0. The van der Waals surface area contributed by atoms with E-state index < -0.39 is 0 Å². The Hall–Kier alpha value is -0.980. The van der Waals surface area contributed by atoms with Gasteiger partial charge in [0.05, 0.1) is 0 Å². The molecule has 1 nitrogen and oxygen atoms in total. The van der Waals surface area contributed by atoms with Crippen molar-refractivity contribution in [2.24, 2.45) is 11.8 Å². The van der Waals surface area contributed by atoms with Gasteiger partial charge in [-0.05, 0) is 36.8 Å². The van der Waals surface area contributed by atoms with E-state index >= 15 is 0 Å². The lowest BCUT2D eigenvalue weighted by Crippen LogP contribution is -2.33. The molecule has 1 heteroatoms. The third-order valence-electron chi connectivity index (χ3n) is 3.58. The van der Waals surface area contributed by atoms with Gasteiger partial charge in [-0.25, -0.2) is 0 Å². The SMILES string of the molecule is CC1CCC(C)C(Nc2ccccc2)C1. The van der Waals surface area contributed by atoms with E-state index in [0.29, 0.717) is 6.04 Å². The molecule has 1 aromatic rings. The van der Waals surface area contributed by atoms with Crippen molar-refractivity contribution in [1.29, 1.82) is 0 Å². The summed E-state index contributed by atoms with van der Waals surface area (Å²) in [7, 11) is 0. The third-order valence-corrected chi connectivity index (χ3v) is 3.58. The summed E-state index contributed by atoms with van der Waals surface area (Å²) in [6.45, 7) is 4.73. The average Bonchev–Trinajstić information content (AvgIpc) is 2.25. The van der Waals surface area contributed by atoms with Gasteiger partial charge >= 0.3 is 0 Å². The van der Waals surface area contributed by atoms with Crippen LogP contribution in [0.25, 0.3) is 0 Å². The molecule has 82 valence electrons. The van der Waals surface area contributed by atoms with Crippen molar-refractivity contribution < 1.29 is 0 Å². The largest absolute Gasteiger partial charge is 0.382 e. The van der Waals surface area contributed by atoms with Gasteiger partial charge in [-0.15, -0.1) is 0 Å². The Balaban J connectivity index is 1.98. The Morgan fingerprint density at radius 3 is 2.53 bits per heavy atom. The summed E-state index contributed by atoms with van der Waals surface area (Å²) in [6.07, 6.45) is 4.08. The average molecular weight is 203 g/mol. The van der Waals surface area contributed by atoms with Crippen molar-refractivity contribution in [2.45, 2.75) is 39.2 Å². The molecule has 0 aromatic heterocycles. The van der Waals surface area contributed by atoms with Crippen LogP contribution in [0.1, 0.15) is 33.1 Å². The lowest BCUT2D eigenvalue weighted by Gasteiger charge is -2.34. The number of anilines is 1. The summed E-state index contributed by atoms with van der Waals surface area (Å²) in [6, 6.07) is 11.2. The van der Waals surface area contributed by atoms with Gasteiger partial charge in [0.2, 0.25) is 0 Å². The molecule has 1 aromatic carbocycles. The van der Waals surface area contributed by atoms with Crippen molar-refractivity contribution in [2.75, 3.05) is 5.32 Å². The molecule has 0 amide bonds. The number of para-hydroxylation sites is 1. The lowest BCUT2D eigenvalue weighted by atomic mass is 9.80. The third kappa shape index (κ3) is 2.74. The maximum absolute atomic E-state index is 3.66. The molecule has 3 atom stereocenters. The molecule has 2 rings (SSSR count). The first kappa shape index (κ1) is 10.5. The van der Waals surface area contributed by atoms with Crippen LogP contribution in [0.4, 0.5) is 5.69 Å². The first-order valence-electron chi connectivity index (χ1n) is 6.07. The van der Waals surface area contributed by atoms with Gasteiger partial charge < -0.3 is 5.32 Å². The molecule has 1 aliphatic carbocycles. The summed E-state index contributed by atoms with van der Waals surface area (Å²) >= 11 is 0. The van der Waals surface area contributed by atoms with Crippen molar-refractivity contribution in [1.82, 2.24) is 0 Å². The highest BCUT2D eigenvalue weighted by molar-refractivity contribution is 5.43. The van der Waals surface area contributed by atoms with E-state index in [9.17, 15) is 0 Å². The highest BCUT2D eigenvalue weighted by Gasteiger charge is 2.24. The quantitative estimate of drug-likeness (QED) is 0.768. The number of hydrogen-bond donors (Lipinski definition) is 1. The van der Waals surface area contributed by atoms with Crippen LogP contribution in [0.15, 0.2) is 30.3 Å². The van der Waals surface area contributed by atoms with Crippen LogP contribution in [0.3, 0.4) is 0 Å². The van der Waals surface area contributed by atoms with Gasteiger partial charge in [-0.1, -0.05) is 38.5 Å². The van der Waals surface area contributed by atoms with Gasteiger partial charge in [0, 0.05) is 11.7 Å². The lowest BCUT2D eigenvalue weighted by molar-refractivity contribution is 0.281. The number of nitrogens with one attached hydrogen (secondary N) is 1. The number of benzene rings is 1. The fraction of sp³-hybridized carbons (Fsp3) is 0.571. The second-order valence-electron chi connectivity index (χ2n) is 5.01. The van der Waals surface area contributed by atoms with E-state index in [4.69, 9.17) is 0 Å². The monoisotopic (exact) mass is 203 g/mol. The normalized spacial score (nSPS) is 31.2. The van der Waals surface area contributed by atoms with Crippen LogP contribution in [0, 0.1) is 11.8 Å². The van der Waals surface area contributed by atoms with Crippen LogP contribution in [-0.2, 0) is 0 Å². The van der Waals surface area contributed by atoms with Crippen molar-refractivity contribution in [3.05, 3.63) is 30.3 Å². The molecule has 0 aliphatic heterocycles. The molecule has 3 unspecified atom stereocenters. The van der Waals surface area contributed by atoms with Crippen molar-refractivity contribution in [3.8, 4) is 0 Å². The molecule has 0 saturated heterocycles. The van der Waals surface area contributed by atoms with Crippen molar-refractivity contribution in [3.63, 3.8) is 0 Å². The number of rotatable bonds is 2. The molecular weight excluding hydrogens is 182 g/mol. The highest BCUT2D eigenvalue weighted by atomic mass is 14.9. The van der Waals surface area contributed by atoms with E-state index in [-0.39, 0.29) is 0 Å². The van der Waals surface area contributed by atoms with E-state index in [1.165, 1.54) is 24.9 Å². The molecule has 1 saturated carbocycles. The zero-order valence-corrected chi connectivity index (χ0v) is 9.74. The molecule has 15 heavy (non-hydrogen) atoms. The zero-order chi connectivity index (χ0) is 10.7. The minimum absolute atomic E-state index is 0.663. The van der Waals surface area contributed by atoms with Crippen molar-refractivity contribution >= 4 is 5.69 Å². The topological polar surface area (TPSA) is 12.0 Å². The summed E-state index contributed by atoms with van der Waals surface area (Å²) in [5.41, 5.74) is 1.27. The van der Waals surface area contributed by atoms with E-state index in [1.807, 2.05) is 0 Å². The zero-order valence-electron chi connectivity index (χ0n) is 9.74. The summed E-state index contributed by atoms with van der Waals surface area (Å²) in [5.74, 6) is 1.68. The molecule has 0 spiro atoms. The summed E-state index contributed by atoms with van der Waals surface area (Å²) in [5, 5.41) is 3.66. The first-order valence-corrected chi connectivity index (χ1v) is 6.07. The molecule has 0 radical (unpaired) electrons. The van der Waals surface area contributed by atoms with Crippen LogP contribution in [-0.4, -0.2) is 6.04 Å². The fourth-order valence-electron chi connectivity index (χ4n) is 2.48. The molecule has 1 N–H and O–H groups in total. The van der Waals surface area contributed by atoms with E-state index in [0.717, 1.165) is 11.8 Å². The Labute approximate surface area is 92.9 Å². The smallest absolute Gasteiger partial charge is 0.0342 e.